The fourth-order valence-corrected chi connectivity index (χ4v) is 1.43. The predicted octanol–water partition coefficient (Wildman–Crippen LogP) is 1.31. The van der Waals surface area contributed by atoms with E-state index in [0.717, 1.165) is 12.2 Å². The number of amides is 1. The molecule has 0 bridgehead atoms. The Morgan fingerprint density at radius 3 is 2.40 bits per heavy atom. The topological polar surface area (TPSA) is 66.4 Å². The summed E-state index contributed by atoms with van der Waals surface area (Å²) in [5, 5.41) is 11.4. The molecule has 0 unspecified atom stereocenters. The van der Waals surface area contributed by atoms with Crippen LogP contribution in [0.3, 0.4) is 0 Å². The predicted molar refractivity (Wildman–Crippen MR) is 62.1 cm³/mol. The Morgan fingerprint density at radius 1 is 1.33 bits per heavy atom. The summed E-state index contributed by atoms with van der Waals surface area (Å²) in [6.45, 7) is 4.16. The molecule has 0 rings (SSSR count). The highest BCUT2D eigenvalue weighted by Crippen LogP contribution is 2.24. The van der Waals surface area contributed by atoms with Crippen LogP contribution in [0.4, 0.5) is 0 Å². The molecule has 0 spiro atoms. The second kappa shape index (κ2) is 6.71. The van der Waals surface area contributed by atoms with Gasteiger partial charge in [-0.25, -0.2) is 0 Å². The van der Waals surface area contributed by atoms with Crippen molar-refractivity contribution in [1.82, 2.24) is 5.32 Å². The largest absolute Gasteiger partial charge is 0.481 e. The third-order valence-corrected chi connectivity index (χ3v) is 2.24. The number of hydrogen-bond acceptors (Lipinski definition) is 3. The van der Waals surface area contributed by atoms with Crippen molar-refractivity contribution in [3.63, 3.8) is 0 Å². The first kappa shape index (κ1) is 14.3. The zero-order valence-corrected chi connectivity index (χ0v) is 10.1. The number of carboxylic acids is 1. The van der Waals surface area contributed by atoms with Gasteiger partial charge in [0.25, 0.3) is 0 Å². The van der Waals surface area contributed by atoms with Crippen molar-refractivity contribution in [1.29, 1.82) is 0 Å². The average molecular weight is 233 g/mol. The Kier molecular flexibility index (Phi) is 6.40. The van der Waals surface area contributed by atoms with Crippen LogP contribution in [0.5, 0.6) is 0 Å². The Hall–Kier alpha value is -0.710. The molecule has 0 aliphatic rings. The minimum absolute atomic E-state index is 0.00693. The van der Waals surface area contributed by atoms with Gasteiger partial charge in [-0.1, -0.05) is 13.8 Å². The normalized spacial score (nSPS) is 11.1. The number of carbonyl (C=O) groups excluding carboxylic acids is 1. The molecular formula is C10H19NO3S. The van der Waals surface area contributed by atoms with Crippen LogP contribution in [0.1, 0.15) is 33.1 Å². The van der Waals surface area contributed by atoms with Crippen molar-refractivity contribution in [2.24, 2.45) is 5.41 Å². The van der Waals surface area contributed by atoms with E-state index in [1.54, 1.807) is 13.8 Å². The van der Waals surface area contributed by atoms with Gasteiger partial charge in [0.2, 0.25) is 5.91 Å². The molecule has 2 N–H and O–H groups in total. The Bertz CT molecular complexity index is 229. The van der Waals surface area contributed by atoms with Gasteiger partial charge >= 0.3 is 5.97 Å². The van der Waals surface area contributed by atoms with E-state index in [-0.39, 0.29) is 18.7 Å². The molecule has 0 aromatic heterocycles. The standard InChI is InChI=1S/C10H19NO3S/c1-10(2,7-9(13)14)6-8(12)11-4-3-5-15/h15H,3-7H2,1-2H3,(H,11,12)(H,13,14). The summed E-state index contributed by atoms with van der Waals surface area (Å²) in [5.74, 6) is -0.232. The fraction of sp³-hybridized carbons (Fsp3) is 0.800. The Balaban J connectivity index is 3.88. The highest BCUT2D eigenvalue weighted by molar-refractivity contribution is 7.80. The van der Waals surface area contributed by atoms with Crippen molar-refractivity contribution in [2.75, 3.05) is 12.3 Å². The maximum atomic E-state index is 11.4. The molecule has 0 atom stereocenters. The Labute approximate surface area is 95.8 Å². The molecule has 0 radical (unpaired) electrons. The maximum absolute atomic E-state index is 11.4. The van der Waals surface area contributed by atoms with Gasteiger partial charge in [0.05, 0.1) is 6.42 Å². The molecule has 0 saturated heterocycles. The molecule has 1 amide bonds. The van der Waals surface area contributed by atoms with Crippen LogP contribution in [0, 0.1) is 5.41 Å². The molecule has 0 aliphatic heterocycles. The van der Waals surface area contributed by atoms with Crippen LogP contribution in [-0.2, 0) is 9.59 Å². The number of carboxylic acid groups (broad SMARTS) is 1. The number of carbonyl (C=O) groups is 2. The number of hydrogen-bond donors (Lipinski definition) is 3. The third kappa shape index (κ3) is 8.30. The van der Waals surface area contributed by atoms with Gasteiger partial charge < -0.3 is 10.4 Å². The van der Waals surface area contributed by atoms with Crippen LogP contribution in [0.2, 0.25) is 0 Å². The van der Waals surface area contributed by atoms with E-state index in [9.17, 15) is 9.59 Å². The fourth-order valence-electron chi connectivity index (χ4n) is 1.28. The van der Waals surface area contributed by atoms with Gasteiger partial charge in [-0.05, 0) is 17.6 Å². The van der Waals surface area contributed by atoms with Crippen molar-refractivity contribution in [3.8, 4) is 0 Å². The van der Waals surface area contributed by atoms with Crippen molar-refractivity contribution >= 4 is 24.5 Å². The van der Waals surface area contributed by atoms with Gasteiger partial charge in [0, 0.05) is 13.0 Å². The van der Waals surface area contributed by atoms with Crippen LogP contribution < -0.4 is 5.32 Å². The van der Waals surface area contributed by atoms with E-state index in [1.165, 1.54) is 0 Å². The first-order valence-electron chi connectivity index (χ1n) is 4.97. The molecule has 88 valence electrons. The summed E-state index contributed by atoms with van der Waals surface area (Å²) in [7, 11) is 0. The van der Waals surface area contributed by atoms with Gasteiger partial charge in [-0.2, -0.15) is 12.6 Å². The lowest BCUT2D eigenvalue weighted by atomic mass is 9.85. The highest BCUT2D eigenvalue weighted by atomic mass is 32.1. The van der Waals surface area contributed by atoms with E-state index in [1.807, 2.05) is 0 Å². The zero-order valence-electron chi connectivity index (χ0n) is 9.25. The number of thiol groups is 1. The minimum atomic E-state index is -0.872. The Morgan fingerprint density at radius 2 is 1.93 bits per heavy atom. The summed E-state index contributed by atoms with van der Waals surface area (Å²) in [5.41, 5.74) is -0.489. The minimum Gasteiger partial charge on any atom is -0.481 e. The number of rotatable bonds is 7. The lowest BCUT2D eigenvalue weighted by Gasteiger charge is -2.21. The lowest BCUT2D eigenvalue weighted by Crippen LogP contribution is -2.30. The van der Waals surface area contributed by atoms with Crippen LogP contribution >= 0.6 is 12.6 Å². The van der Waals surface area contributed by atoms with Crippen molar-refractivity contribution in [2.45, 2.75) is 33.1 Å². The molecule has 0 aromatic rings. The lowest BCUT2D eigenvalue weighted by molar-refractivity contribution is -0.139. The average Bonchev–Trinajstić information content (AvgIpc) is 2.00. The molecule has 0 saturated carbocycles. The summed E-state index contributed by atoms with van der Waals surface area (Å²) in [4.78, 5) is 21.9. The molecule has 0 heterocycles. The van der Waals surface area contributed by atoms with Crippen LogP contribution in [0.25, 0.3) is 0 Å². The maximum Gasteiger partial charge on any atom is 0.303 e. The second-order valence-electron chi connectivity index (χ2n) is 4.34. The van der Waals surface area contributed by atoms with Crippen LogP contribution in [-0.4, -0.2) is 29.3 Å². The summed E-state index contributed by atoms with van der Waals surface area (Å²) in [6.07, 6.45) is 1.08. The van der Waals surface area contributed by atoms with Crippen LogP contribution in [0.15, 0.2) is 0 Å². The monoisotopic (exact) mass is 233 g/mol. The molecule has 0 fully saturated rings. The molecule has 0 aromatic carbocycles. The van der Waals surface area contributed by atoms with E-state index < -0.39 is 11.4 Å². The first-order valence-corrected chi connectivity index (χ1v) is 5.60. The van der Waals surface area contributed by atoms with Gasteiger partial charge in [0.15, 0.2) is 0 Å². The highest BCUT2D eigenvalue weighted by Gasteiger charge is 2.24. The zero-order chi connectivity index (χ0) is 11.9. The molecule has 0 aliphatic carbocycles. The number of nitrogens with one attached hydrogen (secondary N) is 1. The van der Waals surface area contributed by atoms with E-state index in [0.29, 0.717) is 6.54 Å². The number of aliphatic carboxylic acids is 1. The summed E-state index contributed by atoms with van der Waals surface area (Å²) < 4.78 is 0. The molecular weight excluding hydrogens is 214 g/mol. The van der Waals surface area contributed by atoms with E-state index in [4.69, 9.17) is 5.11 Å². The van der Waals surface area contributed by atoms with Gasteiger partial charge in [-0.15, -0.1) is 0 Å². The second-order valence-corrected chi connectivity index (χ2v) is 4.79. The van der Waals surface area contributed by atoms with E-state index >= 15 is 0 Å². The van der Waals surface area contributed by atoms with Gasteiger partial charge in [0.1, 0.15) is 0 Å². The quantitative estimate of drug-likeness (QED) is 0.459. The molecule has 4 nitrogen and oxygen atoms in total. The third-order valence-electron chi connectivity index (χ3n) is 1.93. The summed E-state index contributed by atoms with van der Waals surface area (Å²) in [6, 6.07) is 0. The molecule has 15 heavy (non-hydrogen) atoms. The smallest absolute Gasteiger partial charge is 0.303 e. The van der Waals surface area contributed by atoms with E-state index in [2.05, 4.69) is 17.9 Å². The van der Waals surface area contributed by atoms with Crippen molar-refractivity contribution < 1.29 is 14.7 Å². The van der Waals surface area contributed by atoms with Gasteiger partial charge in [-0.3, -0.25) is 9.59 Å². The van der Waals surface area contributed by atoms with Crippen molar-refractivity contribution in [3.05, 3.63) is 0 Å². The SMILES string of the molecule is CC(C)(CC(=O)O)CC(=O)NCCCS. The summed E-state index contributed by atoms with van der Waals surface area (Å²) >= 11 is 4.03. The molecule has 5 heteroatoms. The first-order chi connectivity index (χ1) is 6.87.